The van der Waals surface area contributed by atoms with Crippen LogP contribution in [-0.4, -0.2) is 29.5 Å². The summed E-state index contributed by atoms with van der Waals surface area (Å²) in [5.74, 6) is 0.382. The molecule has 21 heavy (non-hydrogen) atoms. The number of nitrogens with one attached hydrogen (secondary N) is 3. The van der Waals surface area contributed by atoms with Crippen molar-refractivity contribution in [3.8, 4) is 0 Å². The van der Waals surface area contributed by atoms with E-state index in [-0.39, 0.29) is 24.5 Å². The maximum atomic E-state index is 11.8. The highest BCUT2D eigenvalue weighted by atomic mass is 16.2. The molecule has 1 heterocycles. The van der Waals surface area contributed by atoms with Crippen LogP contribution in [0, 0.1) is 5.92 Å². The Morgan fingerprint density at radius 2 is 2.24 bits per heavy atom. The summed E-state index contributed by atoms with van der Waals surface area (Å²) >= 11 is 0. The van der Waals surface area contributed by atoms with Gasteiger partial charge in [0.05, 0.1) is 18.4 Å². The lowest BCUT2D eigenvalue weighted by atomic mass is 9.87. The molecular formula is C15H22N4O2. The summed E-state index contributed by atoms with van der Waals surface area (Å²) < 4.78 is 0. The molecular weight excluding hydrogens is 268 g/mol. The predicted molar refractivity (Wildman–Crippen MR) is 80.8 cm³/mol. The van der Waals surface area contributed by atoms with Crippen LogP contribution in [0.2, 0.25) is 0 Å². The first-order chi connectivity index (χ1) is 10.1. The first-order valence-electron chi connectivity index (χ1n) is 7.37. The van der Waals surface area contributed by atoms with Gasteiger partial charge in [-0.2, -0.15) is 0 Å². The van der Waals surface area contributed by atoms with E-state index in [4.69, 9.17) is 0 Å². The van der Waals surface area contributed by atoms with Gasteiger partial charge in [0.1, 0.15) is 0 Å². The van der Waals surface area contributed by atoms with Gasteiger partial charge in [-0.25, -0.2) is 4.79 Å². The average Bonchev–Trinajstić information content (AvgIpc) is 2.46. The maximum Gasteiger partial charge on any atom is 0.315 e. The second-order valence-electron chi connectivity index (χ2n) is 5.59. The Labute approximate surface area is 124 Å². The van der Waals surface area contributed by atoms with Crippen molar-refractivity contribution in [2.75, 3.05) is 11.9 Å². The van der Waals surface area contributed by atoms with E-state index in [9.17, 15) is 9.59 Å². The van der Waals surface area contributed by atoms with Gasteiger partial charge in [0, 0.05) is 12.2 Å². The van der Waals surface area contributed by atoms with Gasteiger partial charge in [0.15, 0.2) is 0 Å². The van der Waals surface area contributed by atoms with Crippen LogP contribution in [0.3, 0.4) is 0 Å². The zero-order chi connectivity index (χ0) is 15.1. The highest BCUT2D eigenvalue weighted by molar-refractivity contribution is 5.94. The number of hydrogen-bond donors (Lipinski definition) is 3. The zero-order valence-corrected chi connectivity index (χ0v) is 12.3. The number of rotatable bonds is 4. The van der Waals surface area contributed by atoms with E-state index in [1.54, 1.807) is 24.5 Å². The standard InChI is InChI=1S/C15H22N4O2/c1-11-4-2-5-12(8-11)19-15(21)17-10-14(20)18-13-6-3-7-16-9-13/h3,6-7,9,11-12H,2,4-5,8,10H2,1H3,(H,18,20)(H2,17,19,21). The van der Waals surface area contributed by atoms with Gasteiger partial charge in [-0.1, -0.05) is 19.8 Å². The zero-order valence-electron chi connectivity index (χ0n) is 12.3. The molecule has 0 radical (unpaired) electrons. The second kappa shape index (κ2) is 7.61. The van der Waals surface area contributed by atoms with Crippen molar-refractivity contribution in [2.45, 2.75) is 38.6 Å². The Kier molecular flexibility index (Phi) is 5.54. The van der Waals surface area contributed by atoms with Crippen molar-refractivity contribution in [1.82, 2.24) is 15.6 Å². The number of anilines is 1. The van der Waals surface area contributed by atoms with Crippen LogP contribution in [0.5, 0.6) is 0 Å². The number of carbonyl (C=O) groups excluding carboxylic acids is 2. The van der Waals surface area contributed by atoms with Gasteiger partial charge < -0.3 is 16.0 Å². The first kappa shape index (κ1) is 15.3. The summed E-state index contributed by atoms with van der Waals surface area (Å²) in [7, 11) is 0. The molecule has 1 aromatic rings. The third kappa shape index (κ3) is 5.41. The van der Waals surface area contributed by atoms with Crippen molar-refractivity contribution in [3.63, 3.8) is 0 Å². The molecule has 3 N–H and O–H groups in total. The highest BCUT2D eigenvalue weighted by Gasteiger charge is 2.20. The summed E-state index contributed by atoms with van der Waals surface area (Å²) in [5, 5.41) is 8.17. The summed E-state index contributed by atoms with van der Waals surface area (Å²) in [5.41, 5.74) is 0.616. The molecule has 114 valence electrons. The molecule has 0 aromatic carbocycles. The molecule has 1 aromatic heterocycles. The molecule has 6 heteroatoms. The Morgan fingerprint density at radius 1 is 1.38 bits per heavy atom. The van der Waals surface area contributed by atoms with Crippen LogP contribution in [0.1, 0.15) is 32.6 Å². The number of urea groups is 1. The average molecular weight is 290 g/mol. The summed E-state index contributed by atoms with van der Waals surface area (Å²) in [6.07, 6.45) is 7.59. The summed E-state index contributed by atoms with van der Waals surface area (Å²) in [6, 6.07) is 3.42. The number of carbonyl (C=O) groups is 2. The van der Waals surface area contributed by atoms with Gasteiger partial charge in [0.25, 0.3) is 0 Å². The smallest absolute Gasteiger partial charge is 0.315 e. The van der Waals surface area contributed by atoms with E-state index >= 15 is 0 Å². The Balaban J connectivity index is 1.67. The largest absolute Gasteiger partial charge is 0.335 e. The second-order valence-corrected chi connectivity index (χ2v) is 5.59. The number of hydrogen-bond acceptors (Lipinski definition) is 3. The topological polar surface area (TPSA) is 83.1 Å². The maximum absolute atomic E-state index is 11.8. The fourth-order valence-corrected chi connectivity index (χ4v) is 2.60. The minimum Gasteiger partial charge on any atom is -0.335 e. The van der Waals surface area contributed by atoms with Gasteiger partial charge in [-0.05, 0) is 30.9 Å². The van der Waals surface area contributed by atoms with E-state index in [0.29, 0.717) is 11.6 Å². The molecule has 0 spiro atoms. The van der Waals surface area contributed by atoms with Crippen molar-refractivity contribution in [3.05, 3.63) is 24.5 Å². The van der Waals surface area contributed by atoms with E-state index < -0.39 is 0 Å². The third-order valence-electron chi connectivity index (χ3n) is 3.63. The monoisotopic (exact) mass is 290 g/mol. The normalized spacial score (nSPS) is 21.4. The fraction of sp³-hybridized carbons (Fsp3) is 0.533. The first-order valence-corrected chi connectivity index (χ1v) is 7.37. The van der Waals surface area contributed by atoms with E-state index in [1.807, 2.05) is 0 Å². The number of aromatic nitrogens is 1. The molecule has 2 unspecified atom stereocenters. The van der Waals surface area contributed by atoms with Gasteiger partial charge >= 0.3 is 6.03 Å². The van der Waals surface area contributed by atoms with Crippen LogP contribution in [-0.2, 0) is 4.79 Å². The Hall–Kier alpha value is -2.11. The van der Waals surface area contributed by atoms with Crippen LogP contribution < -0.4 is 16.0 Å². The van der Waals surface area contributed by atoms with Crippen molar-refractivity contribution in [1.29, 1.82) is 0 Å². The molecule has 2 rings (SSSR count). The van der Waals surface area contributed by atoms with Crippen molar-refractivity contribution >= 4 is 17.6 Å². The molecule has 1 aliphatic carbocycles. The van der Waals surface area contributed by atoms with Gasteiger partial charge in [-0.15, -0.1) is 0 Å². The van der Waals surface area contributed by atoms with E-state index in [1.165, 1.54) is 6.42 Å². The van der Waals surface area contributed by atoms with E-state index in [2.05, 4.69) is 27.9 Å². The van der Waals surface area contributed by atoms with E-state index in [0.717, 1.165) is 19.3 Å². The molecule has 3 amide bonds. The lowest BCUT2D eigenvalue weighted by molar-refractivity contribution is -0.115. The van der Waals surface area contributed by atoms with Crippen LogP contribution >= 0.6 is 0 Å². The minimum absolute atomic E-state index is 0.0526. The van der Waals surface area contributed by atoms with Crippen LogP contribution in [0.25, 0.3) is 0 Å². The van der Waals surface area contributed by atoms with Gasteiger partial charge in [0.2, 0.25) is 5.91 Å². The molecule has 2 atom stereocenters. The molecule has 1 saturated carbocycles. The van der Waals surface area contributed by atoms with Gasteiger partial charge in [-0.3, -0.25) is 9.78 Å². The summed E-state index contributed by atoms with van der Waals surface area (Å²) in [6.45, 7) is 2.15. The highest BCUT2D eigenvalue weighted by Crippen LogP contribution is 2.23. The quantitative estimate of drug-likeness (QED) is 0.792. The van der Waals surface area contributed by atoms with Crippen molar-refractivity contribution in [2.24, 2.45) is 5.92 Å². The number of nitrogens with zero attached hydrogens (tertiary/aromatic N) is 1. The van der Waals surface area contributed by atoms with Crippen molar-refractivity contribution < 1.29 is 9.59 Å². The lowest BCUT2D eigenvalue weighted by Crippen LogP contribution is -2.46. The fourth-order valence-electron chi connectivity index (χ4n) is 2.60. The van der Waals surface area contributed by atoms with Crippen LogP contribution in [0.15, 0.2) is 24.5 Å². The Morgan fingerprint density at radius 3 is 2.95 bits per heavy atom. The Bertz CT molecular complexity index is 478. The SMILES string of the molecule is CC1CCCC(NC(=O)NCC(=O)Nc2cccnc2)C1. The molecule has 0 aliphatic heterocycles. The lowest BCUT2D eigenvalue weighted by Gasteiger charge is -2.27. The molecule has 1 fully saturated rings. The van der Waals surface area contributed by atoms with Crippen LogP contribution in [0.4, 0.5) is 10.5 Å². The molecule has 6 nitrogen and oxygen atoms in total. The third-order valence-corrected chi connectivity index (χ3v) is 3.63. The summed E-state index contributed by atoms with van der Waals surface area (Å²) in [4.78, 5) is 27.3. The molecule has 0 bridgehead atoms. The predicted octanol–water partition coefficient (Wildman–Crippen LogP) is 1.90. The minimum atomic E-state index is -0.282. The molecule has 1 aliphatic rings. The number of pyridine rings is 1. The number of amides is 3. The molecule has 0 saturated heterocycles.